The van der Waals surface area contributed by atoms with E-state index in [4.69, 9.17) is 14.2 Å². The lowest BCUT2D eigenvalue weighted by Gasteiger charge is -2.18. The molecule has 0 radical (unpaired) electrons. The first-order valence-corrected chi connectivity index (χ1v) is 33.2. The Bertz CT molecular complexity index is 1130. The van der Waals surface area contributed by atoms with Crippen LogP contribution < -0.4 is 0 Å². The maximum Gasteiger partial charge on any atom is 0.306 e. The highest BCUT2D eigenvalue weighted by Crippen LogP contribution is 2.18. The molecule has 73 heavy (non-hydrogen) atoms. The summed E-state index contributed by atoms with van der Waals surface area (Å²) in [6.45, 7) is 6.69. The third-order valence-electron chi connectivity index (χ3n) is 15.3. The van der Waals surface area contributed by atoms with Crippen molar-refractivity contribution in [3.63, 3.8) is 0 Å². The zero-order valence-corrected chi connectivity index (χ0v) is 49.7. The predicted octanol–water partition coefficient (Wildman–Crippen LogP) is 22.4. The van der Waals surface area contributed by atoms with Gasteiger partial charge in [0.25, 0.3) is 0 Å². The van der Waals surface area contributed by atoms with Crippen LogP contribution in [0.1, 0.15) is 380 Å². The molecule has 0 aromatic carbocycles. The van der Waals surface area contributed by atoms with Gasteiger partial charge in [0.1, 0.15) is 13.2 Å². The minimum absolute atomic E-state index is 0.0672. The SMILES string of the molecule is CCCCCCC/C=C\CCCCCCCC(=O)OC(COC(=O)CCCCCCCCCCCCCC)COC(=O)CCCCCCCCCCCCCCCCCCCCCCCCCCCCCCC. The minimum Gasteiger partial charge on any atom is -0.462 e. The van der Waals surface area contributed by atoms with Crippen LogP contribution in [0, 0.1) is 0 Å². The molecule has 432 valence electrons. The van der Waals surface area contributed by atoms with E-state index in [1.807, 2.05) is 0 Å². The van der Waals surface area contributed by atoms with Crippen molar-refractivity contribution in [1.29, 1.82) is 0 Å². The first kappa shape index (κ1) is 71.2. The van der Waals surface area contributed by atoms with Crippen LogP contribution in [0.25, 0.3) is 0 Å². The average molecular weight is 1030 g/mol. The van der Waals surface area contributed by atoms with Crippen LogP contribution in [0.2, 0.25) is 0 Å². The van der Waals surface area contributed by atoms with Crippen LogP contribution in [0.4, 0.5) is 0 Å². The fourth-order valence-corrected chi connectivity index (χ4v) is 10.3. The number of allylic oxidation sites excluding steroid dienone is 2. The van der Waals surface area contributed by atoms with E-state index in [0.717, 1.165) is 64.2 Å². The lowest BCUT2D eigenvalue weighted by atomic mass is 10.0. The van der Waals surface area contributed by atoms with Gasteiger partial charge in [0, 0.05) is 19.3 Å². The second kappa shape index (κ2) is 62.7. The molecular formula is C67H128O6. The van der Waals surface area contributed by atoms with Gasteiger partial charge in [-0.15, -0.1) is 0 Å². The maximum atomic E-state index is 12.9. The Kier molecular flexibility index (Phi) is 61.1. The Hall–Kier alpha value is -1.85. The summed E-state index contributed by atoms with van der Waals surface area (Å²) < 4.78 is 16.9. The number of esters is 3. The fraction of sp³-hybridized carbons (Fsp3) is 0.925. The summed E-state index contributed by atoms with van der Waals surface area (Å²) in [5.41, 5.74) is 0. The standard InChI is InChI=1S/C67H128O6/c1-4-7-10-13-16-19-22-25-27-28-29-30-31-32-33-34-35-36-37-38-39-40-41-43-45-48-51-54-57-60-66(69)72-63-64(62-71-65(68)59-56-53-50-47-44-24-21-18-15-12-9-6-3)73-67(70)61-58-55-52-49-46-42-26-23-20-17-14-11-8-5-2/h23,26,64H,4-22,24-25,27-63H2,1-3H3/b26-23-. The third kappa shape index (κ3) is 60.9. The summed E-state index contributed by atoms with van der Waals surface area (Å²) in [4.78, 5) is 38.2. The lowest BCUT2D eigenvalue weighted by molar-refractivity contribution is -0.167. The molecule has 0 heterocycles. The second-order valence-corrected chi connectivity index (χ2v) is 22.7. The summed E-state index contributed by atoms with van der Waals surface area (Å²) in [5, 5.41) is 0. The zero-order valence-electron chi connectivity index (χ0n) is 49.7. The molecule has 0 amide bonds. The monoisotopic (exact) mass is 1030 g/mol. The molecule has 1 atom stereocenters. The largest absolute Gasteiger partial charge is 0.462 e. The number of hydrogen-bond acceptors (Lipinski definition) is 6. The van der Waals surface area contributed by atoms with Crippen molar-refractivity contribution >= 4 is 17.9 Å². The zero-order chi connectivity index (χ0) is 52.9. The van der Waals surface area contributed by atoms with E-state index in [-0.39, 0.29) is 31.1 Å². The Labute approximate surface area is 456 Å². The average Bonchev–Trinajstić information content (AvgIpc) is 3.39. The molecule has 0 bridgehead atoms. The van der Waals surface area contributed by atoms with Crippen molar-refractivity contribution in [2.75, 3.05) is 13.2 Å². The van der Waals surface area contributed by atoms with Crippen molar-refractivity contribution < 1.29 is 28.6 Å². The van der Waals surface area contributed by atoms with Gasteiger partial charge >= 0.3 is 17.9 Å². The number of unbranched alkanes of at least 4 members (excludes halogenated alkanes) is 49. The molecule has 0 aliphatic rings. The van der Waals surface area contributed by atoms with Gasteiger partial charge in [-0.05, 0) is 44.9 Å². The smallest absolute Gasteiger partial charge is 0.306 e. The van der Waals surface area contributed by atoms with Crippen LogP contribution in [0.3, 0.4) is 0 Å². The molecular weight excluding hydrogens is 901 g/mol. The highest BCUT2D eigenvalue weighted by molar-refractivity contribution is 5.71. The molecule has 0 aromatic heterocycles. The molecule has 0 aromatic rings. The van der Waals surface area contributed by atoms with E-state index in [1.54, 1.807) is 0 Å². The molecule has 0 rings (SSSR count). The molecule has 0 aliphatic carbocycles. The van der Waals surface area contributed by atoms with E-state index in [0.29, 0.717) is 19.3 Å². The molecule has 0 aliphatic heterocycles. The molecule has 0 saturated carbocycles. The van der Waals surface area contributed by atoms with Gasteiger partial charge in [-0.2, -0.15) is 0 Å². The Balaban J connectivity index is 4.09. The van der Waals surface area contributed by atoms with Gasteiger partial charge < -0.3 is 14.2 Å². The molecule has 6 nitrogen and oxygen atoms in total. The van der Waals surface area contributed by atoms with E-state index in [2.05, 4.69) is 32.9 Å². The Morgan fingerprint density at radius 1 is 0.260 bits per heavy atom. The minimum atomic E-state index is -0.769. The van der Waals surface area contributed by atoms with Crippen LogP contribution in [-0.4, -0.2) is 37.2 Å². The highest BCUT2D eigenvalue weighted by Gasteiger charge is 2.19. The van der Waals surface area contributed by atoms with Crippen molar-refractivity contribution in [2.45, 2.75) is 386 Å². The fourth-order valence-electron chi connectivity index (χ4n) is 10.3. The normalized spacial score (nSPS) is 12.0. The predicted molar refractivity (Wildman–Crippen MR) is 317 cm³/mol. The van der Waals surface area contributed by atoms with Gasteiger partial charge in [0.15, 0.2) is 6.10 Å². The third-order valence-corrected chi connectivity index (χ3v) is 15.3. The molecule has 0 saturated heterocycles. The van der Waals surface area contributed by atoms with Gasteiger partial charge in [-0.1, -0.05) is 328 Å². The summed E-state index contributed by atoms with van der Waals surface area (Å²) in [5.74, 6) is -0.848. The Morgan fingerprint density at radius 3 is 0.685 bits per heavy atom. The van der Waals surface area contributed by atoms with Crippen molar-refractivity contribution in [3.05, 3.63) is 12.2 Å². The van der Waals surface area contributed by atoms with Crippen molar-refractivity contribution in [1.82, 2.24) is 0 Å². The first-order valence-electron chi connectivity index (χ1n) is 33.2. The molecule has 0 N–H and O–H groups in total. The van der Waals surface area contributed by atoms with Crippen LogP contribution in [0.15, 0.2) is 12.2 Å². The summed E-state index contributed by atoms with van der Waals surface area (Å²) >= 11 is 0. The van der Waals surface area contributed by atoms with Crippen LogP contribution in [0.5, 0.6) is 0 Å². The van der Waals surface area contributed by atoms with Crippen molar-refractivity contribution in [3.8, 4) is 0 Å². The number of carbonyl (C=O) groups is 3. The quantitative estimate of drug-likeness (QED) is 0.0261. The van der Waals surface area contributed by atoms with Gasteiger partial charge in [-0.3, -0.25) is 14.4 Å². The maximum absolute atomic E-state index is 12.9. The van der Waals surface area contributed by atoms with E-state index in [9.17, 15) is 14.4 Å². The second-order valence-electron chi connectivity index (χ2n) is 22.7. The molecule has 0 fully saturated rings. The van der Waals surface area contributed by atoms with Gasteiger partial charge in [-0.25, -0.2) is 0 Å². The van der Waals surface area contributed by atoms with E-state index < -0.39 is 6.10 Å². The summed E-state index contributed by atoms with van der Waals surface area (Å²) in [6.07, 6.45) is 73.9. The number of rotatable bonds is 62. The van der Waals surface area contributed by atoms with E-state index >= 15 is 0 Å². The van der Waals surface area contributed by atoms with Crippen LogP contribution in [-0.2, 0) is 28.6 Å². The van der Waals surface area contributed by atoms with Crippen molar-refractivity contribution in [2.24, 2.45) is 0 Å². The van der Waals surface area contributed by atoms with E-state index in [1.165, 1.54) is 276 Å². The Morgan fingerprint density at radius 2 is 0.452 bits per heavy atom. The van der Waals surface area contributed by atoms with Gasteiger partial charge in [0.2, 0.25) is 0 Å². The summed E-state index contributed by atoms with van der Waals surface area (Å²) in [6, 6.07) is 0. The molecule has 6 heteroatoms. The van der Waals surface area contributed by atoms with Gasteiger partial charge in [0.05, 0.1) is 0 Å². The lowest BCUT2D eigenvalue weighted by Crippen LogP contribution is -2.30. The van der Waals surface area contributed by atoms with Crippen LogP contribution >= 0.6 is 0 Å². The topological polar surface area (TPSA) is 78.9 Å². The molecule has 0 spiro atoms. The molecule has 1 unspecified atom stereocenters. The summed E-state index contributed by atoms with van der Waals surface area (Å²) in [7, 11) is 0. The first-order chi connectivity index (χ1) is 36.0. The number of ether oxygens (including phenoxy) is 3. The highest BCUT2D eigenvalue weighted by atomic mass is 16.6. The number of carbonyl (C=O) groups excluding carboxylic acids is 3. The number of hydrogen-bond donors (Lipinski definition) is 0.